The van der Waals surface area contributed by atoms with Crippen LogP contribution in [0.5, 0.6) is 0 Å². The molecule has 0 unspecified atom stereocenters. The van der Waals surface area contributed by atoms with Crippen LogP contribution < -0.4 is 16.0 Å². The number of Topliss-reactive ketones (excluding diaryl/α,β-unsaturated/α-hetero) is 1. The highest BCUT2D eigenvalue weighted by atomic mass is 16.5. The van der Waals surface area contributed by atoms with Crippen LogP contribution in [0.3, 0.4) is 0 Å². The Bertz CT molecular complexity index is 2100. The van der Waals surface area contributed by atoms with Gasteiger partial charge in [0.25, 0.3) is 0 Å². The highest BCUT2D eigenvalue weighted by Gasteiger charge is 2.48. The van der Waals surface area contributed by atoms with E-state index in [9.17, 15) is 14.4 Å². The van der Waals surface area contributed by atoms with Gasteiger partial charge >= 0.3 is 11.9 Å². The molecule has 6 rings (SSSR count). The van der Waals surface area contributed by atoms with E-state index in [1.54, 1.807) is 0 Å². The fourth-order valence-corrected chi connectivity index (χ4v) is 7.41. The molecular weight excluding hydrogens is 616 g/mol. The van der Waals surface area contributed by atoms with Crippen LogP contribution in [0.4, 0.5) is 0 Å². The Kier molecular flexibility index (Phi) is 9.29. The van der Waals surface area contributed by atoms with Gasteiger partial charge in [0.15, 0.2) is 5.78 Å². The van der Waals surface area contributed by atoms with E-state index in [0.29, 0.717) is 23.3 Å². The lowest BCUT2D eigenvalue weighted by molar-refractivity contribution is -0.143. The maximum absolute atomic E-state index is 14.2. The van der Waals surface area contributed by atoms with Gasteiger partial charge in [-0.3, -0.25) is 14.4 Å². The van der Waals surface area contributed by atoms with Crippen molar-refractivity contribution in [1.82, 2.24) is 20.3 Å². The van der Waals surface area contributed by atoms with Gasteiger partial charge in [-0.25, -0.2) is 0 Å². The van der Waals surface area contributed by atoms with Gasteiger partial charge in [-0.05, 0) is 87.1 Å². The summed E-state index contributed by atoms with van der Waals surface area (Å²) in [6.45, 7) is 16.6. The summed E-state index contributed by atoms with van der Waals surface area (Å²) in [4.78, 5) is 51.3. The maximum atomic E-state index is 14.2. The van der Waals surface area contributed by atoms with E-state index in [0.717, 1.165) is 79.8 Å². The van der Waals surface area contributed by atoms with Crippen molar-refractivity contribution >= 4 is 47.6 Å². The third-order valence-electron chi connectivity index (χ3n) is 10.5. The smallest absolute Gasteiger partial charge is 0.321 e. The fraction of sp³-hybridized carbons (Fsp3) is 0.375. The molecule has 8 bridgehead atoms. The van der Waals surface area contributed by atoms with E-state index in [2.05, 4.69) is 72.8 Å². The average molecular weight is 663 g/mol. The highest BCUT2D eigenvalue weighted by Crippen LogP contribution is 2.48. The number of H-pyrrole nitrogens is 3. The van der Waals surface area contributed by atoms with E-state index in [4.69, 9.17) is 9.47 Å². The van der Waals surface area contributed by atoms with E-state index < -0.39 is 11.9 Å². The Labute approximate surface area is 286 Å². The SMILES string of the molecule is C=Cc1c2[nH]c(c1C)/C=C1\N/C(=C3\c4[nH]c(c(C)c4C(=O)[C@@H]3C(=O)OC)/C=c3\[nH]/c(cc3CC)=C\2)[C@@H](CCC(=O)OC/C=C(\C)CC)[C@@H]1C. The van der Waals surface area contributed by atoms with Crippen LogP contribution in [0.15, 0.2) is 35.7 Å². The van der Waals surface area contributed by atoms with Crippen molar-refractivity contribution in [1.29, 1.82) is 0 Å². The molecule has 1 aliphatic carbocycles. The number of rotatable bonds is 9. The van der Waals surface area contributed by atoms with Crippen molar-refractivity contribution in [2.24, 2.45) is 17.8 Å². The first-order chi connectivity index (χ1) is 23.5. The number of allylic oxidation sites excluding steroid dienone is 3. The molecule has 1 saturated heterocycles. The lowest BCUT2D eigenvalue weighted by atomic mass is 9.85. The molecule has 0 aromatic carbocycles. The number of nitrogens with one attached hydrogen (secondary N) is 4. The largest absolute Gasteiger partial charge is 0.468 e. The molecule has 2 aliphatic heterocycles. The van der Waals surface area contributed by atoms with Crippen molar-refractivity contribution < 1.29 is 23.9 Å². The molecule has 0 amide bonds. The third kappa shape index (κ3) is 5.96. The number of hydrogen-bond donors (Lipinski definition) is 4. The first-order valence-corrected chi connectivity index (χ1v) is 17.2. The Morgan fingerprint density at radius 1 is 1.02 bits per heavy atom. The number of fused-ring (bicyclic) bond motifs is 7. The van der Waals surface area contributed by atoms with Crippen LogP contribution in [0.1, 0.15) is 102 Å². The Morgan fingerprint density at radius 3 is 2.47 bits per heavy atom. The number of aromatic nitrogens is 3. The Balaban J connectivity index is 1.57. The van der Waals surface area contributed by atoms with Crippen LogP contribution in [0, 0.1) is 31.6 Å². The van der Waals surface area contributed by atoms with E-state index in [1.807, 2.05) is 32.1 Å². The molecule has 5 heterocycles. The Morgan fingerprint density at radius 2 is 1.78 bits per heavy atom. The van der Waals surface area contributed by atoms with Crippen molar-refractivity contribution in [2.45, 2.75) is 67.2 Å². The number of ketones is 1. The number of methoxy groups -OCH3 is 1. The minimum absolute atomic E-state index is 0.0762. The second-order valence-electron chi connectivity index (χ2n) is 13.3. The van der Waals surface area contributed by atoms with Crippen LogP contribution in [-0.4, -0.2) is 46.4 Å². The van der Waals surface area contributed by atoms with E-state index >= 15 is 0 Å². The third-order valence-corrected chi connectivity index (χ3v) is 10.5. The maximum Gasteiger partial charge on any atom is 0.321 e. The summed E-state index contributed by atoms with van der Waals surface area (Å²) in [7, 11) is 1.31. The summed E-state index contributed by atoms with van der Waals surface area (Å²) in [5, 5.41) is 5.54. The number of esters is 2. The molecule has 4 N–H and O–H groups in total. The summed E-state index contributed by atoms with van der Waals surface area (Å²) < 4.78 is 10.8. The van der Waals surface area contributed by atoms with E-state index in [-0.39, 0.29) is 36.6 Å². The number of ether oxygens (including phenoxy) is 2. The molecule has 0 spiro atoms. The minimum atomic E-state index is -1.13. The first kappa shape index (κ1) is 33.8. The molecule has 49 heavy (non-hydrogen) atoms. The molecule has 0 radical (unpaired) electrons. The molecule has 3 atom stereocenters. The zero-order valence-electron chi connectivity index (χ0n) is 29.5. The predicted molar refractivity (Wildman–Crippen MR) is 192 cm³/mol. The molecule has 9 nitrogen and oxygen atoms in total. The topological polar surface area (TPSA) is 129 Å². The molecule has 9 heteroatoms. The summed E-state index contributed by atoms with van der Waals surface area (Å²) in [6, 6.07) is 2.14. The van der Waals surface area contributed by atoms with Crippen LogP contribution in [0.2, 0.25) is 0 Å². The van der Waals surface area contributed by atoms with Crippen molar-refractivity contribution in [2.75, 3.05) is 13.7 Å². The monoisotopic (exact) mass is 662 g/mol. The van der Waals surface area contributed by atoms with Gasteiger partial charge in [-0.2, -0.15) is 0 Å². The summed E-state index contributed by atoms with van der Waals surface area (Å²) in [6.07, 6.45) is 12.4. The van der Waals surface area contributed by atoms with Gasteiger partial charge < -0.3 is 29.7 Å². The number of carbonyl (C=O) groups excluding carboxylic acids is 3. The van der Waals surface area contributed by atoms with Crippen molar-refractivity contribution in [3.63, 3.8) is 0 Å². The number of carbonyl (C=O) groups is 3. The van der Waals surface area contributed by atoms with Gasteiger partial charge in [0.1, 0.15) is 12.5 Å². The van der Waals surface area contributed by atoms with Crippen molar-refractivity contribution in [3.8, 4) is 0 Å². The normalized spacial score (nSPS) is 23.6. The van der Waals surface area contributed by atoms with Gasteiger partial charge in [0, 0.05) is 74.1 Å². The minimum Gasteiger partial charge on any atom is -0.468 e. The zero-order valence-corrected chi connectivity index (χ0v) is 29.5. The lowest BCUT2D eigenvalue weighted by Crippen LogP contribution is -2.25. The highest BCUT2D eigenvalue weighted by molar-refractivity contribution is 6.24. The lowest BCUT2D eigenvalue weighted by Gasteiger charge is -2.19. The summed E-state index contributed by atoms with van der Waals surface area (Å²) >= 11 is 0. The quantitative estimate of drug-likeness (QED) is 0.132. The zero-order chi connectivity index (χ0) is 35.1. The number of aromatic amines is 3. The van der Waals surface area contributed by atoms with Gasteiger partial charge in [0.05, 0.1) is 12.8 Å². The fourth-order valence-electron chi connectivity index (χ4n) is 7.41. The van der Waals surface area contributed by atoms with Gasteiger partial charge in [-0.1, -0.05) is 39.0 Å². The Hall–Kier alpha value is -5.05. The molecule has 3 aromatic heterocycles. The van der Waals surface area contributed by atoms with Gasteiger partial charge in [0.2, 0.25) is 0 Å². The number of aryl methyl sites for hydroxylation is 1. The molecule has 0 saturated carbocycles. The standard InChI is InChI=1S/C40H46N4O5/c1-9-20(4)14-15-49-33(45)13-12-27-22(6)29-18-28-21(5)26(11-3)32(42-28)17-25-16-24(10-2)31(41-25)19-30-23(7)34-38(44-30)35(37(27)43-29)36(39(34)46)40(47)48-8/h11,14,16-19,22,27,36,41-44H,3,9-10,12-13,15H2,1-2,4-8H3/b20-14+,25-17-,29-18-,31-19-,37-35-/t22-,27-,36+/m0/s1. The second kappa shape index (κ2) is 13.5. The van der Waals surface area contributed by atoms with Crippen LogP contribution in [-0.2, 0) is 25.5 Å². The molecular formula is C40H46N4O5. The number of hydrogen-bond acceptors (Lipinski definition) is 6. The molecule has 1 fully saturated rings. The molecule has 3 aromatic rings. The average Bonchev–Trinajstić information content (AvgIpc) is 3.85. The van der Waals surface area contributed by atoms with Crippen LogP contribution >= 0.6 is 0 Å². The van der Waals surface area contributed by atoms with Crippen LogP contribution in [0.25, 0.3) is 29.9 Å². The summed E-state index contributed by atoms with van der Waals surface area (Å²) in [5.41, 5.74) is 11.1. The molecule has 256 valence electrons. The first-order valence-electron chi connectivity index (χ1n) is 17.2. The second-order valence-corrected chi connectivity index (χ2v) is 13.3. The van der Waals surface area contributed by atoms with E-state index in [1.165, 1.54) is 7.11 Å². The van der Waals surface area contributed by atoms with Crippen molar-refractivity contribution in [3.05, 3.63) is 97.0 Å². The summed E-state index contributed by atoms with van der Waals surface area (Å²) in [5.74, 6) is -2.62. The molecule has 3 aliphatic rings. The van der Waals surface area contributed by atoms with Gasteiger partial charge in [-0.15, -0.1) is 0 Å². The predicted octanol–water partition coefficient (Wildman–Crippen LogP) is 5.74.